The second-order valence-corrected chi connectivity index (χ2v) is 6.88. The van der Waals surface area contributed by atoms with Gasteiger partial charge in [-0.3, -0.25) is 0 Å². The lowest BCUT2D eigenvalue weighted by Gasteiger charge is -2.08. The first-order valence-electron chi connectivity index (χ1n) is 6.79. The van der Waals surface area contributed by atoms with Crippen molar-refractivity contribution in [2.45, 2.75) is 0 Å². The van der Waals surface area contributed by atoms with Crippen LogP contribution < -0.4 is 0 Å². The van der Waals surface area contributed by atoms with E-state index in [0.717, 1.165) is 37.0 Å². The molecule has 0 aliphatic heterocycles. The van der Waals surface area contributed by atoms with Crippen molar-refractivity contribution in [1.29, 1.82) is 0 Å². The fraction of sp³-hybridized carbons (Fsp3) is 0. The van der Waals surface area contributed by atoms with Crippen LogP contribution in [-0.4, -0.2) is 4.57 Å². The van der Waals surface area contributed by atoms with E-state index in [1.807, 2.05) is 42.5 Å². The smallest absolute Gasteiger partial charge is 0.0728 e. The Hall–Kier alpha value is -1.48. The first-order chi connectivity index (χ1) is 10.6. The Labute approximate surface area is 146 Å². The summed E-state index contributed by atoms with van der Waals surface area (Å²) in [5, 5.41) is 3.60. The molecule has 3 aromatic carbocycles. The van der Waals surface area contributed by atoms with Crippen LogP contribution in [-0.2, 0) is 0 Å². The molecule has 4 rings (SSSR count). The van der Waals surface area contributed by atoms with Gasteiger partial charge in [-0.05, 0) is 42.5 Å². The summed E-state index contributed by atoms with van der Waals surface area (Å²) in [6.07, 6.45) is 0. The number of benzene rings is 3. The van der Waals surface area contributed by atoms with Crippen molar-refractivity contribution < 1.29 is 0 Å². The highest BCUT2D eigenvalue weighted by atomic mass is 79.9. The maximum Gasteiger partial charge on any atom is 0.0728 e. The summed E-state index contributed by atoms with van der Waals surface area (Å²) in [7, 11) is 0. The molecule has 0 fully saturated rings. The van der Waals surface area contributed by atoms with Gasteiger partial charge in [-0.25, -0.2) is 0 Å². The van der Waals surface area contributed by atoms with Gasteiger partial charge in [0.15, 0.2) is 0 Å². The van der Waals surface area contributed by atoms with Crippen molar-refractivity contribution in [1.82, 2.24) is 4.57 Å². The SMILES string of the molecule is Clc1ccc2c(c1)c1cc(Br)cc(Cl)c1n2-c1ccccc1. The van der Waals surface area contributed by atoms with Gasteiger partial charge in [0.2, 0.25) is 0 Å². The average molecular weight is 391 g/mol. The van der Waals surface area contributed by atoms with Gasteiger partial charge in [-0.1, -0.05) is 57.3 Å². The molecule has 0 aliphatic carbocycles. The first kappa shape index (κ1) is 14.1. The van der Waals surface area contributed by atoms with Crippen molar-refractivity contribution in [3.8, 4) is 5.69 Å². The van der Waals surface area contributed by atoms with Gasteiger partial charge in [0.05, 0.1) is 16.1 Å². The summed E-state index contributed by atoms with van der Waals surface area (Å²) in [6.45, 7) is 0. The Morgan fingerprint density at radius 2 is 1.59 bits per heavy atom. The Bertz CT molecular complexity index is 1010. The molecule has 22 heavy (non-hydrogen) atoms. The van der Waals surface area contributed by atoms with Gasteiger partial charge in [0.1, 0.15) is 0 Å². The molecule has 0 unspecified atom stereocenters. The fourth-order valence-corrected chi connectivity index (χ4v) is 3.95. The number of hydrogen-bond acceptors (Lipinski definition) is 0. The van der Waals surface area contributed by atoms with Crippen molar-refractivity contribution in [2.75, 3.05) is 0 Å². The minimum atomic E-state index is 0.709. The van der Waals surface area contributed by atoms with E-state index in [1.54, 1.807) is 0 Å². The number of rotatable bonds is 1. The third-order valence-corrected chi connectivity index (χ3v) is 4.74. The van der Waals surface area contributed by atoms with Crippen molar-refractivity contribution in [3.05, 3.63) is 75.2 Å². The summed E-state index contributed by atoms with van der Waals surface area (Å²) >= 11 is 16.3. The van der Waals surface area contributed by atoms with Crippen LogP contribution in [0, 0.1) is 0 Å². The Morgan fingerprint density at radius 1 is 0.818 bits per heavy atom. The van der Waals surface area contributed by atoms with E-state index in [2.05, 4.69) is 38.7 Å². The van der Waals surface area contributed by atoms with Crippen molar-refractivity contribution >= 4 is 60.9 Å². The lowest BCUT2D eigenvalue weighted by atomic mass is 10.1. The summed E-state index contributed by atoms with van der Waals surface area (Å²) in [4.78, 5) is 0. The molecule has 1 nitrogen and oxygen atoms in total. The van der Waals surface area contributed by atoms with Gasteiger partial charge >= 0.3 is 0 Å². The molecule has 0 N–H and O–H groups in total. The zero-order valence-electron chi connectivity index (χ0n) is 11.4. The second-order valence-electron chi connectivity index (χ2n) is 5.12. The third kappa shape index (κ3) is 2.14. The largest absolute Gasteiger partial charge is 0.308 e. The van der Waals surface area contributed by atoms with Gasteiger partial charge in [-0.2, -0.15) is 0 Å². The lowest BCUT2D eigenvalue weighted by molar-refractivity contribution is 1.18. The number of para-hydroxylation sites is 1. The van der Waals surface area contributed by atoms with Crippen LogP contribution in [0.4, 0.5) is 0 Å². The molecule has 0 saturated carbocycles. The summed E-state index contributed by atoms with van der Waals surface area (Å²) < 4.78 is 3.13. The van der Waals surface area contributed by atoms with E-state index in [1.165, 1.54) is 0 Å². The maximum absolute atomic E-state index is 6.54. The zero-order valence-corrected chi connectivity index (χ0v) is 14.5. The molecule has 4 aromatic rings. The quantitative estimate of drug-likeness (QED) is 0.334. The van der Waals surface area contributed by atoms with Crippen LogP contribution in [0.1, 0.15) is 0 Å². The Balaban J connectivity index is 2.27. The Kier molecular flexibility index (Phi) is 3.41. The Morgan fingerprint density at radius 3 is 2.36 bits per heavy atom. The highest BCUT2D eigenvalue weighted by molar-refractivity contribution is 9.10. The number of halogens is 3. The van der Waals surface area contributed by atoms with Crippen LogP contribution in [0.2, 0.25) is 10.0 Å². The molecule has 1 aromatic heterocycles. The van der Waals surface area contributed by atoms with Gasteiger partial charge in [0.25, 0.3) is 0 Å². The average Bonchev–Trinajstić information content (AvgIpc) is 2.82. The van der Waals surface area contributed by atoms with Crippen LogP contribution in [0.15, 0.2) is 65.1 Å². The maximum atomic E-state index is 6.54. The number of nitrogens with zero attached hydrogens (tertiary/aromatic N) is 1. The molecular weight excluding hydrogens is 381 g/mol. The summed E-state index contributed by atoms with van der Waals surface area (Å²) in [6, 6.07) is 20.1. The second kappa shape index (κ2) is 5.31. The van der Waals surface area contributed by atoms with Gasteiger partial charge < -0.3 is 4.57 Å². The standard InChI is InChI=1S/C18H10BrCl2N/c19-11-8-15-14-10-12(20)6-7-17(14)22(18(15)16(21)9-11)13-4-2-1-3-5-13/h1-10H. The molecule has 0 aliphatic rings. The summed E-state index contributed by atoms with van der Waals surface area (Å²) in [5.74, 6) is 0. The van der Waals surface area contributed by atoms with Gasteiger partial charge in [-0.15, -0.1) is 0 Å². The third-order valence-electron chi connectivity index (χ3n) is 3.76. The van der Waals surface area contributed by atoms with Crippen LogP contribution in [0.5, 0.6) is 0 Å². The van der Waals surface area contributed by atoms with E-state index in [9.17, 15) is 0 Å². The van der Waals surface area contributed by atoms with Crippen molar-refractivity contribution in [2.24, 2.45) is 0 Å². The molecule has 0 bridgehead atoms. The number of hydrogen-bond donors (Lipinski definition) is 0. The lowest BCUT2D eigenvalue weighted by Crippen LogP contribution is -1.93. The molecule has 4 heteroatoms. The minimum absolute atomic E-state index is 0.709. The van der Waals surface area contributed by atoms with E-state index in [-0.39, 0.29) is 0 Å². The van der Waals surface area contributed by atoms with Crippen LogP contribution >= 0.6 is 39.1 Å². The van der Waals surface area contributed by atoms with E-state index >= 15 is 0 Å². The van der Waals surface area contributed by atoms with Crippen LogP contribution in [0.3, 0.4) is 0 Å². The molecule has 0 amide bonds. The normalized spacial score (nSPS) is 11.4. The number of aromatic nitrogens is 1. The molecule has 0 radical (unpaired) electrons. The minimum Gasteiger partial charge on any atom is -0.308 e. The van der Waals surface area contributed by atoms with Gasteiger partial charge in [0, 0.05) is 26.0 Å². The van der Waals surface area contributed by atoms with E-state index < -0.39 is 0 Å². The monoisotopic (exact) mass is 389 g/mol. The molecule has 0 atom stereocenters. The fourth-order valence-electron chi connectivity index (χ4n) is 2.88. The van der Waals surface area contributed by atoms with Crippen molar-refractivity contribution in [3.63, 3.8) is 0 Å². The molecule has 1 heterocycles. The number of fused-ring (bicyclic) bond motifs is 3. The highest BCUT2D eigenvalue weighted by Crippen LogP contribution is 2.38. The predicted molar refractivity (Wildman–Crippen MR) is 98.5 cm³/mol. The molecular formula is C18H10BrCl2N. The zero-order chi connectivity index (χ0) is 15.3. The predicted octanol–water partition coefficient (Wildman–Crippen LogP) is 6.85. The van der Waals surface area contributed by atoms with E-state index in [4.69, 9.17) is 23.2 Å². The molecule has 0 saturated heterocycles. The molecule has 108 valence electrons. The summed E-state index contributed by atoms with van der Waals surface area (Å²) in [5.41, 5.74) is 3.16. The first-order valence-corrected chi connectivity index (χ1v) is 8.34. The molecule has 0 spiro atoms. The van der Waals surface area contributed by atoms with E-state index in [0.29, 0.717) is 5.02 Å². The van der Waals surface area contributed by atoms with Crippen LogP contribution in [0.25, 0.3) is 27.5 Å². The topological polar surface area (TPSA) is 4.93 Å². The highest BCUT2D eigenvalue weighted by Gasteiger charge is 2.15.